The van der Waals surface area contributed by atoms with Crippen molar-refractivity contribution in [2.75, 3.05) is 0 Å². The molecule has 2 aromatic heterocycles. The molecule has 0 aliphatic carbocycles. The number of aromatic nitrogens is 3. The number of aromatic amines is 1. The van der Waals surface area contributed by atoms with Gasteiger partial charge in [-0.05, 0) is 35.4 Å². The third kappa shape index (κ3) is 2.51. The fraction of sp³-hybridized carbons (Fsp3) is 0.0556. The lowest BCUT2D eigenvalue weighted by molar-refractivity contribution is 0.677. The molecular weight excluding hydrogens is 320 g/mol. The van der Waals surface area contributed by atoms with E-state index >= 15 is 0 Å². The minimum absolute atomic E-state index is 0.0558. The summed E-state index contributed by atoms with van der Waals surface area (Å²) in [6.07, 6.45) is 5.42. The summed E-state index contributed by atoms with van der Waals surface area (Å²) in [5.74, 6) is 0. The fourth-order valence-electron chi connectivity index (χ4n) is 2.83. The Bertz CT molecular complexity index is 1080. The van der Waals surface area contributed by atoms with Gasteiger partial charge in [0.05, 0.1) is 34.2 Å². The highest BCUT2D eigenvalue weighted by molar-refractivity contribution is 7.16. The lowest BCUT2D eigenvalue weighted by Crippen LogP contribution is -2.10. The van der Waals surface area contributed by atoms with E-state index in [1.807, 2.05) is 53.2 Å². The van der Waals surface area contributed by atoms with Crippen molar-refractivity contribution in [1.82, 2.24) is 14.5 Å². The highest BCUT2D eigenvalue weighted by Gasteiger charge is 2.17. The van der Waals surface area contributed by atoms with Crippen LogP contribution in [0.2, 0.25) is 0 Å². The van der Waals surface area contributed by atoms with E-state index in [1.54, 1.807) is 12.5 Å². The first-order chi connectivity index (χ1) is 11.7. The molecule has 0 aliphatic rings. The number of fused-ring (bicyclic) bond motifs is 1. The molecule has 0 saturated carbocycles. The van der Waals surface area contributed by atoms with Gasteiger partial charge in [-0.3, -0.25) is 4.79 Å². The van der Waals surface area contributed by atoms with Gasteiger partial charge in [-0.25, -0.2) is 4.98 Å². The normalized spacial score (nSPS) is 12.1. The number of nitrogens with zero attached hydrogens (tertiary/aromatic N) is 3. The van der Waals surface area contributed by atoms with Crippen LogP contribution >= 0.6 is 11.3 Å². The van der Waals surface area contributed by atoms with Gasteiger partial charge in [-0.2, -0.15) is 5.26 Å². The molecule has 6 heteroatoms. The van der Waals surface area contributed by atoms with Crippen molar-refractivity contribution in [2.24, 2.45) is 0 Å². The van der Waals surface area contributed by atoms with Gasteiger partial charge in [0, 0.05) is 12.4 Å². The van der Waals surface area contributed by atoms with Crippen LogP contribution in [-0.2, 0) is 0 Å². The predicted octanol–water partition coefficient (Wildman–Crippen LogP) is 3.30. The first kappa shape index (κ1) is 14.4. The maximum absolute atomic E-state index is 11.6. The van der Waals surface area contributed by atoms with Crippen molar-refractivity contribution in [3.05, 3.63) is 87.5 Å². The summed E-state index contributed by atoms with van der Waals surface area (Å²) < 4.78 is 2.94. The highest BCUT2D eigenvalue weighted by Crippen LogP contribution is 2.29. The van der Waals surface area contributed by atoms with Gasteiger partial charge in [-0.15, -0.1) is 0 Å². The number of H-pyrrole nitrogens is 1. The number of nitrogens with one attached hydrogen (secondary N) is 1. The molecule has 0 bridgehead atoms. The Morgan fingerprint density at radius 3 is 2.67 bits per heavy atom. The van der Waals surface area contributed by atoms with E-state index in [1.165, 1.54) is 11.3 Å². The molecule has 0 fully saturated rings. The minimum Gasteiger partial charge on any atom is -0.326 e. The van der Waals surface area contributed by atoms with Crippen molar-refractivity contribution in [3.8, 4) is 6.07 Å². The van der Waals surface area contributed by atoms with Crippen LogP contribution in [0.25, 0.3) is 10.2 Å². The van der Waals surface area contributed by atoms with E-state index in [0.29, 0.717) is 5.56 Å². The SMILES string of the molecule is N#Cc1ccc(C(c2ccc3[nH]c(=O)sc3c2)n2ccnc2)cc1. The Kier molecular flexibility index (Phi) is 3.48. The quantitative estimate of drug-likeness (QED) is 0.625. The second-order valence-corrected chi connectivity index (χ2v) is 6.43. The summed E-state index contributed by atoms with van der Waals surface area (Å²) in [6.45, 7) is 0. The van der Waals surface area contributed by atoms with Crippen LogP contribution in [-0.4, -0.2) is 14.5 Å². The van der Waals surface area contributed by atoms with E-state index in [-0.39, 0.29) is 10.9 Å². The monoisotopic (exact) mass is 332 g/mol. The van der Waals surface area contributed by atoms with E-state index in [0.717, 1.165) is 21.3 Å². The van der Waals surface area contributed by atoms with Gasteiger partial charge in [0.15, 0.2) is 0 Å². The van der Waals surface area contributed by atoms with Gasteiger partial charge in [0.2, 0.25) is 0 Å². The maximum atomic E-state index is 11.6. The number of rotatable bonds is 3. The zero-order valence-corrected chi connectivity index (χ0v) is 13.3. The maximum Gasteiger partial charge on any atom is 0.305 e. The first-order valence-corrected chi connectivity index (χ1v) is 8.16. The van der Waals surface area contributed by atoms with Gasteiger partial charge in [0.1, 0.15) is 0 Å². The van der Waals surface area contributed by atoms with Crippen LogP contribution in [0.3, 0.4) is 0 Å². The third-order valence-corrected chi connectivity index (χ3v) is 4.78. The van der Waals surface area contributed by atoms with E-state index < -0.39 is 0 Å². The van der Waals surface area contributed by atoms with Crippen molar-refractivity contribution < 1.29 is 0 Å². The minimum atomic E-state index is -0.0677. The molecule has 0 radical (unpaired) electrons. The Morgan fingerprint density at radius 1 is 1.17 bits per heavy atom. The first-order valence-electron chi connectivity index (χ1n) is 7.35. The zero-order valence-electron chi connectivity index (χ0n) is 12.5. The van der Waals surface area contributed by atoms with Crippen LogP contribution in [0.4, 0.5) is 0 Å². The Balaban J connectivity index is 1.87. The van der Waals surface area contributed by atoms with Gasteiger partial charge < -0.3 is 9.55 Å². The average Bonchev–Trinajstić information content (AvgIpc) is 3.24. The number of hydrogen-bond donors (Lipinski definition) is 1. The molecule has 0 aliphatic heterocycles. The van der Waals surface area contributed by atoms with Crippen LogP contribution < -0.4 is 4.87 Å². The van der Waals surface area contributed by atoms with E-state index in [2.05, 4.69) is 16.0 Å². The Morgan fingerprint density at radius 2 is 1.96 bits per heavy atom. The summed E-state index contributed by atoms with van der Waals surface area (Å²) in [7, 11) is 0. The fourth-order valence-corrected chi connectivity index (χ4v) is 3.62. The molecule has 1 N–H and O–H groups in total. The molecule has 0 amide bonds. The molecular formula is C18H12N4OS. The standard InChI is InChI=1S/C18H12N4OS/c19-10-12-1-3-13(4-2-12)17(22-8-7-20-11-22)14-5-6-15-16(9-14)24-18(23)21-15/h1-9,11,17H,(H,21,23). The van der Waals surface area contributed by atoms with Crippen molar-refractivity contribution in [1.29, 1.82) is 5.26 Å². The molecule has 0 spiro atoms. The zero-order chi connectivity index (χ0) is 16.5. The van der Waals surface area contributed by atoms with Crippen molar-refractivity contribution in [2.45, 2.75) is 6.04 Å². The largest absolute Gasteiger partial charge is 0.326 e. The molecule has 1 atom stereocenters. The molecule has 4 aromatic rings. The summed E-state index contributed by atoms with van der Waals surface area (Å²) in [5.41, 5.74) is 3.58. The van der Waals surface area contributed by atoms with Crippen LogP contribution in [0.5, 0.6) is 0 Å². The van der Waals surface area contributed by atoms with Gasteiger partial charge in [0.25, 0.3) is 0 Å². The third-order valence-electron chi connectivity index (χ3n) is 3.94. The number of thiazole rings is 1. The second-order valence-electron chi connectivity index (χ2n) is 5.42. The predicted molar refractivity (Wildman–Crippen MR) is 93.1 cm³/mol. The van der Waals surface area contributed by atoms with Gasteiger partial charge >= 0.3 is 4.87 Å². The number of benzene rings is 2. The topological polar surface area (TPSA) is 74.5 Å². The molecule has 2 aromatic carbocycles. The molecule has 24 heavy (non-hydrogen) atoms. The number of nitriles is 1. The average molecular weight is 332 g/mol. The van der Waals surface area contributed by atoms with Crippen LogP contribution in [0, 0.1) is 11.3 Å². The summed E-state index contributed by atoms with van der Waals surface area (Å²) in [6, 6.07) is 15.6. The van der Waals surface area contributed by atoms with Crippen LogP contribution in [0.15, 0.2) is 66.0 Å². The van der Waals surface area contributed by atoms with Crippen molar-refractivity contribution in [3.63, 3.8) is 0 Å². The summed E-state index contributed by atoms with van der Waals surface area (Å²) >= 11 is 1.20. The summed E-state index contributed by atoms with van der Waals surface area (Å²) in [4.78, 5) is 18.5. The highest BCUT2D eigenvalue weighted by atomic mass is 32.1. The van der Waals surface area contributed by atoms with Crippen LogP contribution in [0.1, 0.15) is 22.7 Å². The smallest absolute Gasteiger partial charge is 0.305 e. The van der Waals surface area contributed by atoms with Gasteiger partial charge in [-0.1, -0.05) is 29.5 Å². The van der Waals surface area contributed by atoms with Crippen molar-refractivity contribution >= 4 is 21.6 Å². The number of imidazole rings is 1. The number of hydrogen-bond acceptors (Lipinski definition) is 4. The molecule has 1 unspecified atom stereocenters. The summed E-state index contributed by atoms with van der Waals surface area (Å²) in [5, 5.41) is 8.99. The van der Waals surface area contributed by atoms with E-state index in [4.69, 9.17) is 5.26 Å². The second kappa shape index (κ2) is 5.80. The molecule has 5 nitrogen and oxygen atoms in total. The lowest BCUT2D eigenvalue weighted by Gasteiger charge is -2.20. The Labute approximate surface area is 141 Å². The van der Waals surface area contributed by atoms with E-state index in [9.17, 15) is 4.79 Å². The lowest BCUT2D eigenvalue weighted by atomic mass is 9.97. The molecule has 4 rings (SSSR count). The Hall–Kier alpha value is -3.17. The molecule has 116 valence electrons. The molecule has 0 saturated heterocycles. The molecule has 2 heterocycles.